The molecule has 1 amide bonds. The number of piperidine rings is 2. The Morgan fingerprint density at radius 1 is 1.03 bits per heavy atom. The number of anilines is 1. The highest BCUT2D eigenvalue weighted by atomic mass is 16.5. The monoisotopic (exact) mass is 442 g/mol. The predicted octanol–water partition coefficient (Wildman–Crippen LogP) is 2.76. The predicted molar refractivity (Wildman–Crippen MR) is 117 cm³/mol. The smallest absolute Gasteiger partial charge is 0.324 e. The molecule has 2 aliphatic rings. The van der Waals surface area contributed by atoms with Gasteiger partial charge in [0.1, 0.15) is 5.75 Å². The van der Waals surface area contributed by atoms with Crippen molar-refractivity contribution in [1.82, 2.24) is 15.0 Å². The molecule has 2 fully saturated rings. The Balaban J connectivity index is 1.27. The lowest BCUT2D eigenvalue weighted by molar-refractivity contribution is -0.151. The van der Waals surface area contributed by atoms with Gasteiger partial charge in [-0.2, -0.15) is 4.98 Å². The molecular weight excluding hydrogens is 412 g/mol. The minimum absolute atomic E-state index is 0.00521. The summed E-state index contributed by atoms with van der Waals surface area (Å²) in [4.78, 5) is 33.4. The summed E-state index contributed by atoms with van der Waals surface area (Å²) in [5.74, 6) is 1.27. The Morgan fingerprint density at radius 3 is 2.31 bits per heavy atom. The van der Waals surface area contributed by atoms with Gasteiger partial charge < -0.3 is 23.8 Å². The molecule has 0 N–H and O–H groups in total. The minimum atomic E-state index is -0.138. The van der Waals surface area contributed by atoms with Crippen LogP contribution in [0.2, 0.25) is 0 Å². The van der Waals surface area contributed by atoms with Gasteiger partial charge in [0.25, 0.3) is 0 Å². The van der Waals surface area contributed by atoms with Crippen LogP contribution >= 0.6 is 0 Å². The maximum absolute atomic E-state index is 13.0. The Hall–Kier alpha value is -3.10. The zero-order valence-corrected chi connectivity index (χ0v) is 18.7. The van der Waals surface area contributed by atoms with Crippen molar-refractivity contribution in [1.29, 1.82) is 0 Å². The number of ether oxygens (including phenoxy) is 2. The van der Waals surface area contributed by atoms with Crippen molar-refractivity contribution in [2.24, 2.45) is 11.8 Å². The largest absolute Gasteiger partial charge is 0.497 e. The number of benzene rings is 1. The molecule has 1 aromatic carbocycles. The van der Waals surface area contributed by atoms with Gasteiger partial charge in [0.2, 0.25) is 11.7 Å². The van der Waals surface area contributed by atoms with Crippen LogP contribution in [0, 0.1) is 11.8 Å². The van der Waals surface area contributed by atoms with E-state index in [-0.39, 0.29) is 23.7 Å². The molecule has 3 heterocycles. The van der Waals surface area contributed by atoms with Crippen LogP contribution in [0.4, 0.5) is 6.01 Å². The second kappa shape index (κ2) is 10.0. The molecule has 172 valence electrons. The molecule has 2 aromatic rings. The number of amides is 1. The Bertz CT molecular complexity index is 913. The third kappa shape index (κ3) is 4.87. The van der Waals surface area contributed by atoms with Crippen LogP contribution in [0.25, 0.3) is 11.4 Å². The molecule has 0 spiro atoms. The molecule has 9 heteroatoms. The average Bonchev–Trinajstić information content (AvgIpc) is 3.34. The molecule has 9 nitrogen and oxygen atoms in total. The highest BCUT2D eigenvalue weighted by Gasteiger charge is 2.33. The molecule has 32 heavy (non-hydrogen) atoms. The molecule has 0 saturated carbocycles. The van der Waals surface area contributed by atoms with Crippen LogP contribution in [-0.4, -0.2) is 66.8 Å². The summed E-state index contributed by atoms with van der Waals surface area (Å²) in [6.45, 7) is 4.85. The number of likely N-dealkylation sites (tertiary alicyclic amines) is 1. The fourth-order valence-electron chi connectivity index (χ4n) is 4.37. The average molecular weight is 443 g/mol. The van der Waals surface area contributed by atoms with Crippen LogP contribution in [0.3, 0.4) is 0 Å². The maximum Gasteiger partial charge on any atom is 0.324 e. The van der Waals surface area contributed by atoms with E-state index in [0.29, 0.717) is 57.5 Å². The molecule has 2 aliphatic heterocycles. The van der Waals surface area contributed by atoms with E-state index in [2.05, 4.69) is 10.1 Å². The Labute approximate surface area is 187 Å². The maximum atomic E-state index is 13.0. The molecule has 1 aromatic heterocycles. The van der Waals surface area contributed by atoms with E-state index < -0.39 is 0 Å². The zero-order valence-electron chi connectivity index (χ0n) is 18.7. The first-order valence-corrected chi connectivity index (χ1v) is 11.3. The van der Waals surface area contributed by atoms with Crippen molar-refractivity contribution < 1.29 is 23.6 Å². The van der Waals surface area contributed by atoms with Crippen molar-refractivity contribution in [2.75, 3.05) is 44.8 Å². The quantitative estimate of drug-likeness (QED) is 0.630. The van der Waals surface area contributed by atoms with Gasteiger partial charge in [-0.05, 0) is 56.9 Å². The number of hydrogen-bond acceptors (Lipinski definition) is 8. The van der Waals surface area contributed by atoms with Crippen LogP contribution in [0.1, 0.15) is 32.6 Å². The fourth-order valence-corrected chi connectivity index (χ4v) is 4.37. The molecule has 0 radical (unpaired) electrons. The normalized spacial score (nSPS) is 17.9. The summed E-state index contributed by atoms with van der Waals surface area (Å²) >= 11 is 0. The van der Waals surface area contributed by atoms with Gasteiger partial charge >= 0.3 is 12.0 Å². The standard InChI is InChI=1S/C23H30N4O5/c1-3-31-22(29)18-10-12-26(13-11-18)21(28)17-8-14-27(15-9-17)23-24-20(25-32-23)16-4-6-19(30-2)7-5-16/h4-7,17-18H,3,8-15H2,1-2H3. The van der Waals surface area contributed by atoms with Crippen molar-refractivity contribution in [3.05, 3.63) is 24.3 Å². The van der Waals surface area contributed by atoms with E-state index in [1.54, 1.807) is 7.11 Å². The zero-order chi connectivity index (χ0) is 22.5. The van der Waals surface area contributed by atoms with Gasteiger partial charge in [0, 0.05) is 37.7 Å². The lowest BCUT2D eigenvalue weighted by Gasteiger charge is -2.36. The molecule has 0 aliphatic carbocycles. The second-order valence-electron chi connectivity index (χ2n) is 8.24. The highest BCUT2D eigenvalue weighted by molar-refractivity contribution is 5.80. The Kier molecular flexibility index (Phi) is 6.92. The van der Waals surface area contributed by atoms with Gasteiger partial charge in [-0.15, -0.1) is 0 Å². The summed E-state index contributed by atoms with van der Waals surface area (Å²) < 4.78 is 15.8. The molecule has 2 saturated heterocycles. The first kappa shape index (κ1) is 22.1. The van der Waals surface area contributed by atoms with Crippen molar-refractivity contribution in [3.63, 3.8) is 0 Å². The second-order valence-corrected chi connectivity index (χ2v) is 8.24. The lowest BCUT2D eigenvalue weighted by Crippen LogP contribution is -2.46. The lowest BCUT2D eigenvalue weighted by atomic mass is 9.92. The molecule has 0 unspecified atom stereocenters. The van der Waals surface area contributed by atoms with E-state index >= 15 is 0 Å². The SMILES string of the molecule is CCOC(=O)C1CCN(C(=O)C2CCN(c3nc(-c4ccc(OC)cc4)no3)CC2)CC1. The van der Waals surface area contributed by atoms with E-state index in [0.717, 1.165) is 24.2 Å². The molecule has 0 atom stereocenters. The number of aromatic nitrogens is 2. The van der Waals surface area contributed by atoms with Gasteiger partial charge in [-0.25, -0.2) is 0 Å². The van der Waals surface area contributed by atoms with Gasteiger partial charge in [-0.3, -0.25) is 9.59 Å². The number of esters is 1. The summed E-state index contributed by atoms with van der Waals surface area (Å²) in [5, 5.41) is 4.10. The minimum Gasteiger partial charge on any atom is -0.497 e. The first-order valence-electron chi connectivity index (χ1n) is 11.3. The number of carbonyl (C=O) groups is 2. The van der Waals surface area contributed by atoms with E-state index in [1.165, 1.54) is 0 Å². The van der Waals surface area contributed by atoms with Crippen LogP contribution in [-0.2, 0) is 14.3 Å². The molecule has 0 bridgehead atoms. The fraction of sp³-hybridized carbons (Fsp3) is 0.565. The Morgan fingerprint density at radius 2 is 1.69 bits per heavy atom. The highest BCUT2D eigenvalue weighted by Crippen LogP contribution is 2.28. The van der Waals surface area contributed by atoms with E-state index in [4.69, 9.17) is 14.0 Å². The third-order valence-electron chi connectivity index (χ3n) is 6.30. The number of nitrogens with zero attached hydrogens (tertiary/aromatic N) is 4. The summed E-state index contributed by atoms with van der Waals surface area (Å²) in [6.07, 6.45) is 2.85. The van der Waals surface area contributed by atoms with E-state index in [9.17, 15) is 9.59 Å². The van der Waals surface area contributed by atoms with Crippen molar-refractivity contribution >= 4 is 17.9 Å². The summed E-state index contributed by atoms with van der Waals surface area (Å²) in [5.41, 5.74) is 0.858. The molecule has 4 rings (SSSR count). The van der Waals surface area contributed by atoms with Gasteiger partial charge in [-0.1, -0.05) is 5.16 Å². The van der Waals surface area contributed by atoms with Crippen molar-refractivity contribution in [3.8, 4) is 17.1 Å². The van der Waals surface area contributed by atoms with Crippen LogP contribution < -0.4 is 9.64 Å². The molecular formula is C23H30N4O5. The third-order valence-corrected chi connectivity index (χ3v) is 6.30. The topological polar surface area (TPSA) is 98.0 Å². The summed E-state index contributed by atoms with van der Waals surface area (Å²) in [7, 11) is 1.63. The van der Waals surface area contributed by atoms with E-state index in [1.807, 2.05) is 41.0 Å². The van der Waals surface area contributed by atoms with Gasteiger partial charge in [0.05, 0.1) is 19.6 Å². The van der Waals surface area contributed by atoms with Crippen LogP contribution in [0.5, 0.6) is 5.75 Å². The number of hydrogen-bond donors (Lipinski definition) is 0. The number of carbonyl (C=O) groups excluding carboxylic acids is 2. The first-order chi connectivity index (χ1) is 15.6. The van der Waals surface area contributed by atoms with Crippen molar-refractivity contribution in [2.45, 2.75) is 32.6 Å². The van der Waals surface area contributed by atoms with Crippen LogP contribution in [0.15, 0.2) is 28.8 Å². The van der Waals surface area contributed by atoms with Gasteiger partial charge in [0.15, 0.2) is 0 Å². The number of methoxy groups -OCH3 is 1. The summed E-state index contributed by atoms with van der Waals surface area (Å²) in [6, 6.07) is 7.99. The number of rotatable bonds is 6.